The van der Waals surface area contributed by atoms with Crippen LogP contribution in [-0.4, -0.2) is 28.8 Å². The van der Waals surface area contributed by atoms with Crippen molar-refractivity contribution in [1.82, 2.24) is 4.90 Å². The number of nitro benzene ring substituents is 1. The number of nitro groups is 1. The first-order valence-corrected chi connectivity index (χ1v) is 7.50. The third-order valence-corrected chi connectivity index (χ3v) is 3.84. The van der Waals surface area contributed by atoms with Crippen LogP contribution >= 0.6 is 11.6 Å². The lowest BCUT2D eigenvalue weighted by Gasteiger charge is -2.26. The average molecular weight is 335 g/mol. The van der Waals surface area contributed by atoms with Crippen LogP contribution in [0.15, 0.2) is 30.0 Å². The van der Waals surface area contributed by atoms with Gasteiger partial charge in [-0.2, -0.15) is 5.26 Å². The number of carbonyl (C=O) groups is 1. The maximum Gasteiger partial charge on any atom is 0.289 e. The van der Waals surface area contributed by atoms with E-state index >= 15 is 0 Å². The van der Waals surface area contributed by atoms with E-state index in [0.717, 1.165) is 19.3 Å². The summed E-state index contributed by atoms with van der Waals surface area (Å²) in [5.41, 5.74) is 0.0933. The number of piperidine rings is 1. The lowest BCUT2D eigenvalue weighted by molar-refractivity contribution is -0.384. The Kier molecular flexibility index (Phi) is 5.55. The van der Waals surface area contributed by atoms with Crippen molar-refractivity contribution < 1.29 is 9.72 Å². The third kappa shape index (κ3) is 4.20. The number of amides is 1. The Morgan fingerprint density at radius 2 is 2.09 bits per heavy atom. The molecule has 0 aromatic heterocycles. The van der Waals surface area contributed by atoms with Gasteiger partial charge in [-0.15, -0.1) is 0 Å². The number of hydrogen-bond donors (Lipinski definition) is 1. The Hall–Kier alpha value is -2.59. The van der Waals surface area contributed by atoms with Gasteiger partial charge < -0.3 is 10.2 Å². The van der Waals surface area contributed by atoms with E-state index in [-0.39, 0.29) is 22.2 Å². The zero-order chi connectivity index (χ0) is 16.8. The second-order valence-corrected chi connectivity index (χ2v) is 5.50. The maximum absolute atomic E-state index is 12.2. The van der Waals surface area contributed by atoms with Crippen molar-refractivity contribution in [2.24, 2.45) is 0 Å². The topological polar surface area (TPSA) is 99.3 Å². The molecule has 8 heteroatoms. The number of carbonyl (C=O) groups excluding carboxylic acids is 1. The molecular formula is C15H15ClN4O3. The van der Waals surface area contributed by atoms with Crippen LogP contribution in [0.2, 0.25) is 5.02 Å². The number of nitrogens with one attached hydrogen (secondary N) is 1. The monoisotopic (exact) mass is 334 g/mol. The van der Waals surface area contributed by atoms with Gasteiger partial charge in [0.1, 0.15) is 16.7 Å². The second kappa shape index (κ2) is 7.61. The van der Waals surface area contributed by atoms with Crippen molar-refractivity contribution in [2.75, 3.05) is 18.4 Å². The standard InChI is InChI=1S/C15H15ClN4O3/c16-13-5-4-12(8-14(13)20(22)23)18-10-11(9-17)15(21)19-6-2-1-3-7-19/h4-5,8,10,18H,1-3,6-7H2/b11-10-. The van der Waals surface area contributed by atoms with E-state index in [1.54, 1.807) is 4.90 Å². The molecule has 23 heavy (non-hydrogen) atoms. The van der Waals surface area contributed by atoms with Crippen molar-refractivity contribution in [3.05, 3.63) is 45.1 Å². The minimum absolute atomic E-state index is 0.0226. The average Bonchev–Trinajstić information content (AvgIpc) is 2.57. The Labute approximate surface area is 138 Å². The number of halogens is 1. The molecule has 0 radical (unpaired) electrons. The summed E-state index contributed by atoms with van der Waals surface area (Å²) < 4.78 is 0. The van der Waals surface area contributed by atoms with Gasteiger partial charge in [-0.25, -0.2) is 0 Å². The fraction of sp³-hybridized carbons (Fsp3) is 0.333. The number of likely N-dealkylation sites (tertiary alicyclic amines) is 1. The molecule has 120 valence electrons. The Morgan fingerprint density at radius 1 is 1.39 bits per heavy atom. The highest BCUT2D eigenvalue weighted by molar-refractivity contribution is 6.32. The van der Waals surface area contributed by atoms with E-state index in [1.807, 2.05) is 6.07 Å². The van der Waals surface area contributed by atoms with Crippen LogP contribution in [0.5, 0.6) is 0 Å². The number of hydrogen-bond acceptors (Lipinski definition) is 5. The second-order valence-electron chi connectivity index (χ2n) is 5.09. The molecule has 2 rings (SSSR count). The van der Waals surface area contributed by atoms with Gasteiger partial charge in [-0.1, -0.05) is 11.6 Å². The molecule has 1 saturated heterocycles. The highest BCUT2D eigenvalue weighted by atomic mass is 35.5. The molecule has 0 unspecified atom stereocenters. The van der Waals surface area contributed by atoms with Crippen LogP contribution in [0.4, 0.5) is 11.4 Å². The first kappa shape index (κ1) is 16.8. The third-order valence-electron chi connectivity index (χ3n) is 3.52. The van der Waals surface area contributed by atoms with Gasteiger partial charge in [0.15, 0.2) is 0 Å². The first-order valence-electron chi connectivity index (χ1n) is 7.13. The molecule has 1 aromatic carbocycles. The van der Waals surface area contributed by atoms with Crippen molar-refractivity contribution in [3.63, 3.8) is 0 Å². The molecule has 1 aliphatic heterocycles. The van der Waals surface area contributed by atoms with Gasteiger partial charge in [0.05, 0.1) is 4.92 Å². The van der Waals surface area contributed by atoms with Crippen molar-refractivity contribution in [3.8, 4) is 6.07 Å². The predicted octanol–water partition coefficient (Wildman–Crippen LogP) is 3.08. The zero-order valence-electron chi connectivity index (χ0n) is 12.3. The van der Waals surface area contributed by atoms with E-state index in [1.165, 1.54) is 24.4 Å². The SMILES string of the molecule is N#C/C(=C/Nc1ccc(Cl)c([N+](=O)[O-])c1)C(=O)N1CCCCC1. The summed E-state index contributed by atoms with van der Waals surface area (Å²) in [7, 11) is 0. The number of anilines is 1. The summed E-state index contributed by atoms with van der Waals surface area (Å²) in [6, 6.07) is 6.03. The quantitative estimate of drug-likeness (QED) is 0.395. The largest absolute Gasteiger partial charge is 0.360 e. The first-order chi connectivity index (χ1) is 11.0. The molecule has 1 amide bonds. The molecule has 1 aliphatic rings. The van der Waals surface area contributed by atoms with E-state index in [9.17, 15) is 14.9 Å². The summed E-state index contributed by atoms with van der Waals surface area (Å²) in [5, 5.41) is 22.8. The molecule has 0 saturated carbocycles. The molecule has 0 atom stereocenters. The van der Waals surface area contributed by atoms with Gasteiger partial charge in [-0.05, 0) is 31.4 Å². The normalized spacial score (nSPS) is 15.0. The van der Waals surface area contributed by atoms with Crippen LogP contribution in [-0.2, 0) is 4.79 Å². The van der Waals surface area contributed by atoms with E-state index in [2.05, 4.69) is 5.32 Å². The summed E-state index contributed by atoms with van der Waals surface area (Å²) >= 11 is 5.74. The number of benzene rings is 1. The molecule has 0 aliphatic carbocycles. The van der Waals surface area contributed by atoms with E-state index < -0.39 is 4.92 Å². The lowest BCUT2D eigenvalue weighted by atomic mass is 10.1. The van der Waals surface area contributed by atoms with Gasteiger partial charge in [-0.3, -0.25) is 14.9 Å². The van der Waals surface area contributed by atoms with Crippen molar-refractivity contribution in [1.29, 1.82) is 5.26 Å². The molecule has 0 bridgehead atoms. The number of rotatable bonds is 4. The van der Waals surface area contributed by atoms with Crippen LogP contribution in [0, 0.1) is 21.4 Å². The van der Waals surface area contributed by atoms with Gasteiger partial charge in [0.25, 0.3) is 11.6 Å². The highest BCUT2D eigenvalue weighted by Crippen LogP contribution is 2.27. The summed E-state index contributed by atoms with van der Waals surface area (Å²) in [6.45, 7) is 1.29. The van der Waals surface area contributed by atoms with E-state index in [0.29, 0.717) is 18.8 Å². The lowest BCUT2D eigenvalue weighted by Crippen LogP contribution is -2.36. The number of nitriles is 1. The summed E-state index contributed by atoms with van der Waals surface area (Å²) in [6.07, 6.45) is 4.22. The van der Waals surface area contributed by atoms with Crippen LogP contribution in [0.1, 0.15) is 19.3 Å². The molecular weight excluding hydrogens is 320 g/mol. The van der Waals surface area contributed by atoms with Gasteiger partial charge in [0, 0.05) is 31.0 Å². The zero-order valence-corrected chi connectivity index (χ0v) is 13.0. The smallest absolute Gasteiger partial charge is 0.289 e. The van der Waals surface area contributed by atoms with E-state index in [4.69, 9.17) is 16.9 Å². The van der Waals surface area contributed by atoms with Crippen LogP contribution < -0.4 is 5.32 Å². The molecule has 1 heterocycles. The number of nitrogens with zero attached hydrogens (tertiary/aromatic N) is 3. The van der Waals surface area contributed by atoms with Gasteiger partial charge in [0.2, 0.25) is 0 Å². The minimum atomic E-state index is -0.596. The molecule has 1 fully saturated rings. The van der Waals surface area contributed by atoms with Gasteiger partial charge >= 0.3 is 0 Å². The molecule has 7 nitrogen and oxygen atoms in total. The Morgan fingerprint density at radius 3 is 2.70 bits per heavy atom. The Balaban J connectivity index is 2.13. The maximum atomic E-state index is 12.2. The molecule has 0 spiro atoms. The highest BCUT2D eigenvalue weighted by Gasteiger charge is 2.20. The van der Waals surface area contributed by atoms with Crippen LogP contribution in [0.3, 0.4) is 0 Å². The van der Waals surface area contributed by atoms with Crippen molar-refractivity contribution in [2.45, 2.75) is 19.3 Å². The van der Waals surface area contributed by atoms with Crippen LogP contribution in [0.25, 0.3) is 0 Å². The predicted molar refractivity (Wildman–Crippen MR) is 85.9 cm³/mol. The van der Waals surface area contributed by atoms with Crippen molar-refractivity contribution >= 4 is 28.9 Å². The Bertz CT molecular complexity index is 690. The summed E-state index contributed by atoms with van der Waals surface area (Å²) in [4.78, 5) is 24.1. The molecule has 1 aromatic rings. The fourth-order valence-electron chi connectivity index (χ4n) is 2.31. The summed E-state index contributed by atoms with van der Waals surface area (Å²) in [5.74, 6) is -0.330. The fourth-order valence-corrected chi connectivity index (χ4v) is 2.49. The minimum Gasteiger partial charge on any atom is -0.360 e. The molecule has 1 N–H and O–H groups in total.